The summed E-state index contributed by atoms with van der Waals surface area (Å²) >= 11 is 0. The van der Waals surface area contributed by atoms with Gasteiger partial charge in [-0.25, -0.2) is 4.21 Å². The van der Waals surface area contributed by atoms with Gasteiger partial charge in [-0.3, -0.25) is 4.31 Å². The molecule has 0 saturated heterocycles. The fourth-order valence-corrected chi connectivity index (χ4v) is 4.19. The first-order valence-electron chi connectivity index (χ1n) is 8.55. The topological polar surface area (TPSA) is 75.0 Å². The number of nitrogens with two attached hydrogens (primary N) is 1. The van der Waals surface area contributed by atoms with E-state index in [4.69, 9.17) is 5.73 Å². The Morgan fingerprint density at radius 2 is 1.88 bits per heavy atom. The van der Waals surface area contributed by atoms with Crippen molar-refractivity contribution in [3.8, 4) is 17.3 Å². The van der Waals surface area contributed by atoms with E-state index in [1.54, 1.807) is 6.26 Å². The number of nitriles is 1. The monoisotopic (exact) mass is 366 g/mol. The summed E-state index contributed by atoms with van der Waals surface area (Å²) in [4.78, 5) is 0. The number of hydrogen-bond donors (Lipinski definition) is 1. The van der Waals surface area contributed by atoms with Crippen molar-refractivity contribution in [3.05, 3.63) is 48.0 Å². The molecule has 0 amide bonds. The molecule has 1 heterocycles. The zero-order valence-electron chi connectivity index (χ0n) is 15.2. The predicted octanol–water partition coefficient (Wildman–Crippen LogP) is 3.90. The maximum Gasteiger partial charge on any atom is 0.116 e. The number of benzene rings is 2. The Hall–Kier alpha value is -2.78. The minimum Gasteiger partial charge on any atom is -0.399 e. The molecule has 134 valence electrons. The Morgan fingerprint density at radius 1 is 1.19 bits per heavy atom. The second kappa shape index (κ2) is 7.22. The van der Waals surface area contributed by atoms with Crippen LogP contribution in [0.5, 0.6) is 0 Å². The first-order chi connectivity index (χ1) is 12.5. The Labute approximate surface area is 156 Å². The summed E-state index contributed by atoms with van der Waals surface area (Å²) in [5, 5.41) is 10.7. The van der Waals surface area contributed by atoms with E-state index in [9.17, 15) is 9.47 Å². The minimum absolute atomic E-state index is 0.654. The third-order valence-corrected chi connectivity index (χ3v) is 5.63. The molecule has 1 unspecified atom stereocenters. The zero-order chi connectivity index (χ0) is 18.8. The molecule has 0 fully saturated rings. The fraction of sp³-hybridized carbons (Fsp3) is 0.250. The molecule has 2 aromatic carbocycles. The second-order valence-electron chi connectivity index (χ2n) is 6.02. The number of aromatic nitrogens is 1. The molecule has 26 heavy (non-hydrogen) atoms. The van der Waals surface area contributed by atoms with Crippen LogP contribution in [0.15, 0.2) is 42.5 Å². The van der Waals surface area contributed by atoms with Gasteiger partial charge in [-0.2, -0.15) is 5.26 Å². The molecule has 5 nitrogen and oxygen atoms in total. The molecule has 3 rings (SSSR count). The summed E-state index contributed by atoms with van der Waals surface area (Å²) in [6.07, 6.45) is 1.67. The summed E-state index contributed by atoms with van der Waals surface area (Å²) in [5.41, 5.74) is 11.0. The molecule has 1 atom stereocenters. The van der Waals surface area contributed by atoms with Crippen molar-refractivity contribution in [3.63, 3.8) is 0 Å². The zero-order valence-corrected chi connectivity index (χ0v) is 16.0. The first kappa shape index (κ1) is 18.0. The van der Waals surface area contributed by atoms with Crippen LogP contribution in [0.4, 0.5) is 11.4 Å². The molecule has 0 aliphatic rings. The third-order valence-electron chi connectivity index (χ3n) is 4.54. The maximum absolute atomic E-state index is 11.9. The van der Waals surface area contributed by atoms with Gasteiger partial charge in [0.2, 0.25) is 0 Å². The van der Waals surface area contributed by atoms with E-state index in [0.717, 1.165) is 34.4 Å². The summed E-state index contributed by atoms with van der Waals surface area (Å²) in [7, 11) is -1.07. The Bertz CT molecular complexity index is 1010. The average molecular weight is 366 g/mol. The molecule has 0 spiro atoms. The Balaban J connectivity index is 2.19. The van der Waals surface area contributed by atoms with Crippen LogP contribution in [-0.4, -0.2) is 21.6 Å². The summed E-state index contributed by atoms with van der Waals surface area (Å²) < 4.78 is 15.8. The standard InChI is InChI=1S/C20H22N4OS/c1-4-23-19-12-15(22)8-11-17(19)18(13-21)20(23)14-6-9-16(10-7-14)24(5-2)26(3)25/h6-12H,4-5,22H2,1-3H3. The van der Waals surface area contributed by atoms with E-state index in [1.165, 1.54) is 0 Å². The van der Waals surface area contributed by atoms with E-state index < -0.39 is 11.0 Å². The highest BCUT2D eigenvalue weighted by molar-refractivity contribution is 7.85. The lowest BCUT2D eigenvalue weighted by molar-refractivity contribution is 0.683. The highest BCUT2D eigenvalue weighted by Gasteiger charge is 2.18. The van der Waals surface area contributed by atoms with E-state index >= 15 is 0 Å². The number of anilines is 2. The van der Waals surface area contributed by atoms with Gasteiger partial charge in [0.25, 0.3) is 0 Å². The van der Waals surface area contributed by atoms with Gasteiger partial charge in [0.05, 0.1) is 16.8 Å². The largest absolute Gasteiger partial charge is 0.399 e. The van der Waals surface area contributed by atoms with Gasteiger partial charge >= 0.3 is 0 Å². The highest BCUT2D eigenvalue weighted by Crippen LogP contribution is 2.35. The quantitative estimate of drug-likeness (QED) is 0.696. The smallest absolute Gasteiger partial charge is 0.116 e. The number of nitrogen functional groups attached to an aromatic ring is 1. The van der Waals surface area contributed by atoms with Crippen molar-refractivity contribution in [2.24, 2.45) is 0 Å². The van der Waals surface area contributed by atoms with Gasteiger partial charge in [-0.05, 0) is 49.7 Å². The Kier molecular flexibility index (Phi) is 5.01. The molecule has 0 aliphatic carbocycles. The highest BCUT2D eigenvalue weighted by atomic mass is 32.2. The van der Waals surface area contributed by atoms with Crippen LogP contribution in [0.3, 0.4) is 0 Å². The molecule has 0 radical (unpaired) electrons. The van der Waals surface area contributed by atoms with Crippen molar-refractivity contribution in [2.75, 3.05) is 22.8 Å². The van der Waals surface area contributed by atoms with Crippen LogP contribution in [0.1, 0.15) is 19.4 Å². The minimum atomic E-state index is -1.07. The third kappa shape index (κ3) is 2.95. The SMILES string of the molecule is CCN(c1ccc(-c2c(C#N)c3ccc(N)cc3n2CC)cc1)S(C)=O. The lowest BCUT2D eigenvalue weighted by Gasteiger charge is -2.19. The molecule has 6 heteroatoms. The van der Waals surface area contributed by atoms with Crippen molar-refractivity contribution >= 4 is 33.3 Å². The van der Waals surface area contributed by atoms with Crippen LogP contribution in [0, 0.1) is 11.3 Å². The van der Waals surface area contributed by atoms with Gasteiger partial charge in [-0.15, -0.1) is 0 Å². The maximum atomic E-state index is 11.9. The van der Waals surface area contributed by atoms with Crippen LogP contribution in [0.2, 0.25) is 0 Å². The Morgan fingerprint density at radius 3 is 2.42 bits per heavy atom. The molecule has 1 aromatic heterocycles. The predicted molar refractivity (Wildman–Crippen MR) is 109 cm³/mol. The summed E-state index contributed by atoms with van der Waals surface area (Å²) in [5.74, 6) is 0. The number of nitrogens with zero attached hydrogens (tertiary/aromatic N) is 3. The fourth-order valence-electron chi connectivity index (χ4n) is 3.41. The van der Waals surface area contributed by atoms with E-state index in [2.05, 4.69) is 17.6 Å². The lowest BCUT2D eigenvalue weighted by atomic mass is 10.1. The van der Waals surface area contributed by atoms with Crippen LogP contribution >= 0.6 is 0 Å². The lowest BCUT2D eigenvalue weighted by Crippen LogP contribution is -2.23. The number of fused-ring (bicyclic) bond motifs is 1. The molecule has 2 N–H and O–H groups in total. The van der Waals surface area contributed by atoms with Crippen LogP contribution < -0.4 is 10.0 Å². The van der Waals surface area contributed by atoms with Crippen molar-refractivity contribution in [1.29, 1.82) is 5.26 Å². The van der Waals surface area contributed by atoms with Crippen molar-refractivity contribution < 1.29 is 4.21 Å². The number of aryl methyl sites for hydroxylation is 1. The van der Waals surface area contributed by atoms with Gasteiger partial charge in [0.15, 0.2) is 0 Å². The molecule has 0 saturated carbocycles. The normalized spacial score (nSPS) is 12.1. The van der Waals surface area contributed by atoms with Gasteiger partial charge in [0, 0.05) is 36.1 Å². The molecule has 3 aromatic rings. The van der Waals surface area contributed by atoms with Crippen LogP contribution in [0.25, 0.3) is 22.2 Å². The van der Waals surface area contributed by atoms with Crippen molar-refractivity contribution in [1.82, 2.24) is 4.57 Å². The summed E-state index contributed by atoms with van der Waals surface area (Å²) in [6.45, 7) is 5.43. The summed E-state index contributed by atoms with van der Waals surface area (Å²) in [6, 6.07) is 15.9. The van der Waals surface area contributed by atoms with E-state index in [-0.39, 0.29) is 0 Å². The van der Waals surface area contributed by atoms with Gasteiger partial charge in [-0.1, -0.05) is 12.1 Å². The second-order valence-corrected chi connectivity index (χ2v) is 7.31. The molecule has 0 aliphatic heterocycles. The van der Waals surface area contributed by atoms with Crippen LogP contribution in [-0.2, 0) is 17.5 Å². The van der Waals surface area contributed by atoms with Gasteiger partial charge in [0.1, 0.15) is 17.1 Å². The molecular formula is C20H22N4OS. The van der Waals surface area contributed by atoms with E-state index in [0.29, 0.717) is 17.8 Å². The van der Waals surface area contributed by atoms with E-state index in [1.807, 2.05) is 53.7 Å². The molecular weight excluding hydrogens is 344 g/mol. The van der Waals surface area contributed by atoms with Gasteiger partial charge < -0.3 is 10.3 Å². The number of hydrogen-bond acceptors (Lipinski definition) is 3. The first-order valence-corrected chi connectivity index (χ1v) is 10.1. The number of rotatable bonds is 5. The molecule has 0 bridgehead atoms. The average Bonchev–Trinajstić information content (AvgIpc) is 2.95. The van der Waals surface area contributed by atoms with Crippen molar-refractivity contribution in [2.45, 2.75) is 20.4 Å².